The number of carboxylic acids is 1. The summed E-state index contributed by atoms with van der Waals surface area (Å²) in [6, 6.07) is -1.77. The molecule has 20 heavy (non-hydrogen) atoms. The van der Waals surface area contributed by atoms with Crippen LogP contribution in [0, 0.1) is 19.8 Å². The van der Waals surface area contributed by atoms with Gasteiger partial charge >= 0.3 is 12.0 Å². The van der Waals surface area contributed by atoms with E-state index >= 15 is 0 Å². The lowest BCUT2D eigenvalue weighted by Crippen LogP contribution is -2.49. The minimum absolute atomic E-state index is 0.201. The van der Waals surface area contributed by atoms with Gasteiger partial charge in [0, 0.05) is 5.56 Å². The van der Waals surface area contributed by atoms with E-state index in [4.69, 9.17) is 9.63 Å². The predicted molar refractivity (Wildman–Crippen MR) is 72.3 cm³/mol. The number of aromatic nitrogens is 1. The van der Waals surface area contributed by atoms with Crippen molar-refractivity contribution in [2.45, 2.75) is 46.7 Å². The van der Waals surface area contributed by atoms with E-state index < -0.39 is 18.0 Å². The number of hydrogen-bond acceptors (Lipinski definition) is 4. The summed E-state index contributed by atoms with van der Waals surface area (Å²) in [6.45, 7) is 8.81. The Morgan fingerprint density at radius 3 is 2.20 bits per heavy atom. The second-order valence-electron chi connectivity index (χ2n) is 5.14. The Morgan fingerprint density at radius 1 is 1.20 bits per heavy atom. The lowest BCUT2D eigenvalue weighted by atomic mass is 10.0. The van der Waals surface area contributed by atoms with E-state index in [1.165, 1.54) is 0 Å². The molecule has 2 atom stereocenters. The molecule has 112 valence electrons. The summed E-state index contributed by atoms with van der Waals surface area (Å²) in [5.41, 5.74) is 1.51. The van der Waals surface area contributed by atoms with E-state index in [0.29, 0.717) is 11.5 Å². The van der Waals surface area contributed by atoms with Crippen molar-refractivity contribution >= 4 is 12.0 Å². The van der Waals surface area contributed by atoms with E-state index in [0.717, 1.165) is 5.56 Å². The van der Waals surface area contributed by atoms with E-state index in [1.807, 2.05) is 0 Å². The Morgan fingerprint density at radius 2 is 1.80 bits per heavy atom. The number of hydrogen-bond donors (Lipinski definition) is 3. The van der Waals surface area contributed by atoms with Gasteiger partial charge in [0.25, 0.3) is 0 Å². The summed E-state index contributed by atoms with van der Waals surface area (Å²) in [5, 5.41) is 18.0. The molecular weight excluding hydrogens is 262 g/mol. The van der Waals surface area contributed by atoms with Gasteiger partial charge in [0.05, 0.1) is 11.7 Å². The molecule has 0 aliphatic heterocycles. The van der Waals surface area contributed by atoms with Crippen molar-refractivity contribution in [3.63, 3.8) is 0 Å². The summed E-state index contributed by atoms with van der Waals surface area (Å²) < 4.78 is 5.04. The molecule has 1 heterocycles. The van der Waals surface area contributed by atoms with Crippen LogP contribution in [0.4, 0.5) is 4.79 Å². The van der Waals surface area contributed by atoms with Crippen LogP contribution in [0.5, 0.6) is 0 Å². The predicted octanol–water partition coefficient (Wildman–Crippen LogP) is 1.76. The van der Waals surface area contributed by atoms with Gasteiger partial charge in [-0.05, 0) is 26.7 Å². The number of urea groups is 1. The highest BCUT2D eigenvalue weighted by atomic mass is 16.5. The van der Waals surface area contributed by atoms with Crippen molar-refractivity contribution in [3.8, 4) is 0 Å². The summed E-state index contributed by atoms with van der Waals surface area (Å²) in [4.78, 5) is 22.9. The molecule has 1 aromatic rings. The molecule has 0 aliphatic carbocycles. The second kappa shape index (κ2) is 6.40. The van der Waals surface area contributed by atoms with Gasteiger partial charge in [0.2, 0.25) is 0 Å². The third kappa shape index (κ3) is 3.72. The van der Waals surface area contributed by atoms with Gasteiger partial charge in [-0.2, -0.15) is 0 Å². The van der Waals surface area contributed by atoms with Crippen LogP contribution in [-0.2, 0) is 4.79 Å². The molecule has 0 bridgehead atoms. The van der Waals surface area contributed by atoms with Crippen molar-refractivity contribution < 1.29 is 19.2 Å². The Kier molecular flexibility index (Phi) is 5.12. The van der Waals surface area contributed by atoms with Crippen LogP contribution in [0.3, 0.4) is 0 Å². The Labute approximate surface area is 117 Å². The van der Waals surface area contributed by atoms with Crippen LogP contribution in [-0.4, -0.2) is 28.3 Å². The maximum absolute atomic E-state index is 11.9. The van der Waals surface area contributed by atoms with Crippen LogP contribution >= 0.6 is 0 Å². The zero-order valence-corrected chi connectivity index (χ0v) is 12.4. The molecule has 1 rings (SSSR count). The molecule has 0 fully saturated rings. The summed E-state index contributed by atoms with van der Waals surface area (Å²) >= 11 is 0. The maximum Gasteiger partial charge on any atom is 0.326 e. The van der Waals surface area contributed by atoms with Gasteiger partial charge in [-0.25, -0.2) is 9.59 Å². The molecule has 7 nitrogen and oxygen atoms in total. The van der Waals surface area contributed by atoms with Crippen molar-refractivity contribution in [1.29, 1.82) is 0 Å². The highest BCUT2D eigenvalue weighted by molar-refractivity contribution is 5.82. The normalized spacial score (nSPS) is 13.9. The minimum atomic E-state index is -1.06. The number of carbonyl (C=O) groups is 2. The number of amides is 2. The number of nitrogens with one attached hydrogen (secondary N) is 2. The van der Waals surface area contributed by atoms with E-state index in [2.05, 4.69) is 15.8 Å². The van der Waals surface area contributed by atoms with Crippen molar-refractivity contribution in [3.05, 3.63) is 17.0 Å². The number of carbonyl (C=O) groups excluding carboxylic acids is 1. The van der Waals surface area contributed by atoms with Gasteiger partial charge in [0.1, 0.15) is 11.8 Å². The van der Waals surface area contributed by atoms with Gasteiger partial charge in [-0.3, -0.25) is 0 Å². The van der Waals surface area contributed by atoms with Gasteiger partial charge in [-0.1, -0.05) is 19.0 Å². The molecule has 0 aromatic carbocycles. The smallest absolute Gasteiger partial charge is 0.326 e. The maximum atomic E-state index is 11.9. The zero-order valence-electron chi connectivity index (χ0n) is 12.4. The van der Waals surface area contributed by atoms with Gasteiger partial charge in [0.15, 0.2) is 0 Å². The monoisotopic (exact) mass is 283 g/mol. The third-order valence-corrected chi connectivity index (χ3v) is 3.09. The van der Waals surface area contributed by atoms with E-state index in [9.17, 15) is 9.59 Å². The van der Waals surface area contributed by atoms with Crippen molar-refractivity contribution in [2.75, 3.05) is 0 Å². The SMILES string of the molecule is Cc1noc(C)c1C(C)NC(=O)NC(C(=O)O)C(C)C. The first-order valence-electron chi connectivity index (χ1n) is 6.46. The van der Waals surface area contributed by atoms with Gasteiger partial charge < -0.3 is 20.3 Å². The molecule has 0 saturated heterocycles. The van der Waals surface area contributed by atoms with Crippen molar-refractivity contribution in [2.24, 2.45) is 5.92 Å². The Hall–Kier alpha value is -2.05. The molecule has 0 spiro atoms. The fourth-order valence-corrected chi connectivity index (χ4v) is 2.07. The Bertz CT molecular complexity index is 476. The summed E-state index contributed by atoms with van der Waals surface area (Å²) in [7, 11) is 0. The average molecular weight is 283 g/mol. The number of aliphatic carboxylic acids is 1. The zero-order chi connectivity index (χ0) is 15.4. The van der Waals surface area contributed by atoms with Gasteiger partial charge in [-0.15, -0.1) is 0 Å². The average Bonchev–Trinajstić information content (AvgIpc) is 2.65. The highest BCUT2D eigenvalue weighted by Crippen LogP contribution is 2.20. The first-order chi connectivity index (χ1) is 9.23. The first-order valence-corrected chi connectivity index (χ1v) is 6.46. The van der Waals surface area contributed by atoms with Crippen LogP contribution in [0.2, 0.25) is 0 Å². The van der Waals surface area contributed by atoms with Crippen LogP contribution in [0.15, 0.2) is 4.52 Å². The second-order valence-corrected chi connectivity index (χ2v) is 5.14. The molecule has 2 amide bonds. The third-order valence-electron chi connectivity index (χ3n) is 3.09. The van der Waals surface area contributed by atoms with Crippen LogP contribution < -0.4 is 10.6 Å². The van der Waals surface area contributed by atoms with Crippen LogP contribution in [0.1, 0.15) is 43.8 Å². The molecular formula is C13H21N3O4. The number of carboxylic acid groups (broad SMARTS) is 1. The molecule has 7 heteroatoms. The lowest BCUT2D eigenvalue weighted by Gasteiger charge is -2.20. The molecule has 3 N–H and O–H groups in total. The number of aryl methyl sites for hydroxylation is 2. The fourth-order valence-electron chi connectivity index (χ4n) is 2.07. The van der Waals surface area contributed by atoms with Crippen LogP contribution in [0.25, 0.3) is 0 Å². The molecule has 2 unspecified atom stereocenters. The van der Waals surface area contributed by atoms with E-state index in [-0.39, 0.29) is 12.0 Å². The quantitative estimate of drug-likeness (QED) is 0.763. The molecule has 0 saturated carbocycles. The fraction of sp³-hybridized carbons (Fsp3) is 0.615. The molecule has 0 radical (unpaired) electrons. The molecule has 1 aromatic heterocycles. The molecule has 0 aliphatic rings. The highest BCUT2D eigenvalue weighted by Gasteiger charge is 2.25. The first kappa shape index (κ1) is 16.0. The number of rotatable bonds is 5. The lowest BCUT2D eigenvalue weighted by molar-refractivity contribution is -0.140. The largest absolute Gasteiger partial charge is 0.480 e. The van der Waals surface area contributed by atoms with Crippen molar-refractivity contribution in [1.82, 2.24) is 15.8 Å². The summed E-state index contributed by atoms with van der Waals surface area (Å²) in [6.07, 6.45) is 0. The van der Waals surface area contributed by atoms with E-state index in [1.54, 1.807) is 34.6 Å². The standard InChI is InChI=1S/C13H21N3O4/c1-6(2)11(12(17)18)15-13(19)14-7(3)10-8(4)16-20-9(10)5/h6-7,11H,1-5H3,(H,17,18)(H2,14,15,19). The summed E-state index contributed by atoms with van der Waals surface area (Å²) in [5.74, 6) is -0.623. The Balaban J connectivity index is 2.69. The minimum Gasteiger partial charge on any atom is -0.480 e. The topological polar surface area (TPSA) is 104 Å². The number of nitrogens with zero attached hydrogens (tertiary/aromatic N) is 1.